The summed E-state index contributed by atoms with van der Waals surface area (Å²) in [5, 5.41) is 0. The van der Waals surface area contributed by atoms with Crippen LogP contribution in [0.15, 0.2) is 0 Å². The van der Waals surface area contributed by atoms with E-state index < -0.39 is 0 Å². The molecule has 0 unspecified atom stereocenters. The van der Waals surface area contributed by atoms with E-state index in [0.717, 1.165) is 0 Å². The maximum atomic E-state index is 4.26. The van der Waals surface area contributed by atoms with Gasteiger partial charge in [0.15, 0.2) is 0 Å². The van der Waals surface area contributed by atoms with Crippen LogP contribution in [0.25, 0.3) is 0 Å². The minimum Gasteiger partial charge on any atom is -0.166 e. The molecule has 0 rings (SSSR count). The molecule has 4 heavy (non-hydrogen) atoms. The molecule has 0 aromatic rings. The molecular formula is Cl2OPd. The summed E-state index contributed by atoms with van der Waals surface area (Å²) in [6, 6.07) is 0. The summed E-state index contributed by atoms with van der Waals surface area (Å²) in [7, 11) is 0. The molecule has 1 nitrogen and oxygen atoms in total. The van der Waals surface area contributed by atoms with Crippen LogP contribution in [0.4, 0.5) is 0 Å². The monoisotopic (exact) mass is 192 g/mol. The number of hydrogen-bond donors (Lipinski definition) is 0. The molecule has 0 radical (unpaired) electrons. The quantitative estimate of drug-likeness (QED) is 0.527. The Morgan fingerprint density at radius 1 is 1.25 bits per heavy atom. The van der Waals surface area contributed by atoms with Crippen LogP contribution in [-0.4, -0.2) is 0 Å². The van der Waals surface area contributed by atoms with Gasteiger partial charge in [0.05, 0.1) is 23.7 Å². The van der Waals surface area contributed by atoms with Crippen molar-refractivity contribution in [3.8, 4) is 0 Å². The fourth-order valence-corrected chi connectivity index (χ4v) is 0. The fourth-order valence-electron chi connectivity index (χ4n) is 0. The van der Waals surface area contributed by atoms with E-state index in [0.29, 0.717) is 0 Å². The van der Waals surface area contributed by atoms with Gasteiger partial charge >= 0.3 is 0 Å². The molecular weight excluding hydrogens is 193 g/mol. The van der Waals surface area contributed by atoms with Gasteiger partial charge in [0.2, 0.25) is 0 Å². The third kappa shape index (κ3) is 10.7. The van der Waals surface area contributed by atoms with Crippen LogP contribution < -0.4 is 0 Å². The third-order valence-electron chi connectivity index (χ3n) is 0. The van der Waals surface area contributed by atoms with Gasteiger partial charge in [-0.25, -0.2) is 0 Å². The molecule has 4 heteroatoms. The topological polar surface area (TPSA) is 9.23 Å². The fraction of sp³-hybridized carbons (Fsp3) is 0. The van der Waals surface area contributed by atoms with Crippen LogP contribution in [0.5, 0.6) is 0 Å². The molecule has 0 saturated carbocycles. The summed E-state index contributed by atoms with van der Waals surface area (Å²) < 4.78 is 3.19. The summed E-state index contributed by atoms with van der Waals surface area (Å²) >= 11 is 8.53. The van der Waals surface area contributed by atoms with E-state index in [9.17, 15) is 0 Å². The largest absolute Gasteiger partial charge is 0.166 e. The molecule has 30 valence electrons. The van der Waals surface area contributed by atoms with Crippen molar-refractivity contribution in [3.05, 3.63) is 0 Å². The first-order chi connectivity index (χ1) is 1.41. The molecule has 0 fully saturated rings. The van der Waals surface area contributed by atoms with Crippen molar-refractivity contribution in [2.24, 2.45) is 0 Å². The van der Waals surface area contributed by atoms with Gasteiger partial charge in [-0.05, 0) is 0 Å². The van der Waals surface area contributed by atoms with Crippen LogP contribution in [0.1, 0.15) is 0 Å². The zero-order valence-corrected chi connectivity index (χ0v) is 4.55. The molecule has 0 aliphatic rings. The van der Waals surface area contributed by atoms with Crippen molar-refractivity contribution in [1.82, 2.24) is 0 Å². The van der Waals surface area contributed by atoms with Crippen molar-refractivity contribution >= 4 is 23.7 Å². The Morgan fingerprint density at radius 2 is 1.25 bits per heavy atom. The van der Waals surface area contributed by atoms with Crippen LogP contribution >= 0.6 is 23.7 Å². The average Bonchev–Trinajstić information content (AvgIpc) is 0.918. The van der Waals surface area contributed by atoms with Gasteiger partial charge in [-0.15, -0.1) is 0 Å². The maximum Gasteiger partial charge on any atom is 0.0832 e. The molecule has 0 heterocycles. The van der Waals surface area contributed by atoms with Gasteiger partial charge in [0, 0.05) is 20.4 Å². The van der Waals surface area contributed by atoms with E-state index in [1.54, 1.807) is 0 Å². The molecule has 0 aromatic heterocycles. The van der Waals surface area contributed by atoms with Crippen molar-refractivity contribution in [3.63, 3.8) is 0 Å². The first kappa shape index (κ1) is 8.96. The van der Waals surface area contributed by atoms with Crippen LogP contribution in [0.3, 0.4) is 0 Å². The van der Waals surface area contributed by atoms with Gasteiger partial charge < -0.3 is 0 Å². The molecule has 0 bridgehead atoms. The number of rotatable bonds is 0. The first-order valence-corrected chi connectivity index (χ1v) is 0.926. The predicted molar refractivity (Wildman–Crippen MR) is 12.8 cm³/mol. The minimum atomic E-state index is 0. The Morgan fingerprint density at radius 3 is 1.25 bits per heavy atom. The molecule has 0 saturated heterocycles. The van der Waals surface area contributed by atoms with Crippen molar-refractivity contribution < 1.29 is 24.3 Å². The summed E-state index contributed by atoms with van der Waals surface area (Å²) in [6.07, 6.45) is 0. The van der Waals surface area contributed by atoms with Gasteiger partial charge in [0.1, 0.15) is 0 Å². The van der Waals surface area contributed by atoms with E-state index in [1.165, 1.54) is 0 Å². The zero-order valence-electron chi connectivity index (χ0n) is 1.48. The number of halogens is 2. The van der Waals surface area contributed by atoms with E-state index in [1.807, 2.05) is 0 Å². The molecule has 0 aliphatic heterocycles. The molecule has 0 aliphatic carbocycles. The summed E-state index contributed by atoms with van der Waals surface area (Å²) in [5.41, 5.74) is 0. The third-order valence-corrected chi connectivity index (χ3v) is 0. The second-order valence-corrected chi connectivity index (χ2v) is 0.525. The first-order valence-electron chi connectivity index (χ1n) is 0.309. The van der Waals surface area contributed by atoms with E-state index in [4.69, 9.17) is 0 Å². The Kier molecular flexibility index (Phi) is 19.9. The molecule has 0 spiro atoms. The van der Waals surface area contributed by atoms with Crippen molar-refractivity contribution in [2.45, 2.75) is 0 Å². The van der Waals surface area contributed by atoms with E-state index in [-0.39, 0.29) is 20.4 Å². The Hall–Kier alpha value is 1.20. The van der Waals surface area contributed by atoms with Gasteiger partial charge in [-0.3, -0.25) is 0 Å². The van der Waals surface area contributed by atoms with Gasteiger partial charge in [0.25, 0.3) is 0 Å². The summed E-state index contributed by atoms with van der Waals surface area (Å²) in [6.45, 7) is 0. The van der Waals surface area contributed by atoms with Crippen LogP contribution in [0.2, 0.25) is 0 Å². The van der Waals surface area contributed by atoms with Crippen molar-refractivity contribution in [1.29, 1.82) is 0 Å². The van der Waals surface area contributed by atoms with Crippen LogP contribution in [-0.2, 0) is 24.3 Å². The van der Waals surface area contributed by atoms with Gasteiger partial charge in [-0.1, -0.05) is 0 Å². The second-order valence-electron chi connectivity index (χ2n) is 0.0583. The standard InChI is InChI=1S/Cl2O.Pd/c1-3-2;. The van der Waals surface area contributed by atoms with Crippen LogP contribution in [0, 0.1) is 0 Å². The Bertz CT molecular complexity index is 6.00. The minimum absolute atomic E-state index is 0. The Labute approximate surface area is 48.2 Å². The zero-order chi connectivity index (χ0) is 2.71. The molecule has 0 aromatic carbocycles. The molecule has 0 amide bonds. The van der Waals surface area contributed by atoms with Gasteiger partial charge in [-0.2, -0.15) is 3.84 Å². The number of hydrogen-bond acceptors (Lipinski definition) is 1. The van der Waals surface area contributed by atoms with E-state index in [2.05, 4.69) is 27.6 Å². The second kappa shape index (κ2) is 8.88. The Balaban J connectivity index is 0. The SMILES string of the molecule is ClOCl.[Pd]. The maximum absolute atomic E-state index is 4.26. The van der Waals surface area contributed by atoms with Crippen molar-refractivity contribution in [2.75, 3.05) is 0 Å². The van der Waals surface area contributed by atoms with E-state index >= 15 is 0 Å². The molecule has 0 N–H and O–H groups in total. The smallest absolute Gasteiger partial charge is 0.0832 e. The predicted octanol–water partition coefficient (Wildman–Crippen LogP) is 1.31. The normalized spacial score (nSPS) is 4.50. The summed E-state index contributed by atoms with van der Waals surface area (Å²) in [4.78, 5) is 0. The molecule has 0 atom stereocenters. The average molecular weight is 193 g/mol. The summed E-state index contributed by atoms with van der Waals surface area (Å²) in [5.74, 6) is 0.